The molecular weight excluding hydrogens is 396 g/mol. The second-order valence-electron chi connectivity index (χ2n) is 9.68. The Labute approximate surface area is 191 Å². The first kappa shape index (κ1) is 23.5. The van der Waals surface area contributed by atoms with E-state index in [-0.39, 0.29) is 22.3 Å². The van der Waals surface area contributed by atoms with Crippen LogP contribution < -0.4 is 11.5 Å². The molecule has 0 radical (unpaired) electrons. The van der Waals surface area contributed by atoms with Crippen LogP contribution in [-0.4, -0.2) is 10.2 Å². The number of phenols is 2. The summed E-state index contributed by atoms with van der Waals surface area (Å²) in [6.07, 6.45) is 1.45. The Morgan fingerprint density at radius 2 is 0.906 bits per heavy atom. The molecule has 0 fully saturated rings. The van der Waals surface area contributed by atoms with Gasteiger partial charge in [0, 0.05) is 10.8 Å². The molecule has 0 heterocycles. The van der Waals surface area contributed by atoms with Crippen LogP contribution in [0.15, 0.2) is 48.5 Å². The lowest BCUT2D eigenvalue weighted by Gasteiger charge is -2.30. The Bertz CT molecular complexity index is 1040. The summed E-state index contributed by atoms with van der Waals surface area (Å²) < 4.78 is 0. The third-order valence-corrected chi connectivity index (χ3v) is 6.97. The smallest absolute Gasteiger partial charge is 0.141 e. The minimum Gasteiger partial charge on any atom is -0.506 e. The highest BCUT2D eigenvalue weighted by molar-refractivity contribution is 5.61. The molecular formula is C28H36N2O2. The van der Waals surface area contributed by atoms with Gasteiger partial charge in [0.05, 0.1) is 11.4 Å². The van der Waals surface area contributed by atoms with Crippen LogP contribution in [0.4, 0.5) is 11.4 Å². The molecule has 0 spiro atoms. The van der Waals surface area contributed by atoms with Crippen molar-refractivity contribution in [1.29, 1.82) is 0 Å². The third kappa shape index (κ3) is 4.02. The minimum absolute atomic E-state index is 0.184. The number of phenolic OH excluding ortho intramolecular Hbond substituents is 2. The van der Waals surface area contributed by atoms with Gasteiger partial charge >= 0.3 is 0 Å². The van der Waals surface area contributed by atoms with Gasteiger partial charge < -0.3 is 21.7 Å². The number of aromatic hydroxyl groups is 2. The standard InChI is InChI=1S/C28H36N2O2/c1-7-17-13-21(15-23(29)25(17)31)27(3,4)19-9-11-20(12-10-19)28(5,6)22-14-18(8-2)26(32)24(30)16-22/h9-16,31-32H,7-8,29-30H2,1-6H3. The maximum atomic E-state index is 10.2. The van der Waals surface area contributed by atoms with Crippen LogP contribution in [0.1, 0.15) is 74.9 Å². The Hall–Kier alpha value is -3.14. The lowest BCUT2D eigenvalue weighted by atomic mass is 9.74. The lowest BCUT2D eigenvalue weighted by molar-refractivity contribution is 0.470. The van der Waals surface area contributed by atoms with E-state index < -0.39 is 0 Å². The molecule has 0 aliphatic heterocycles. The van der Waals surface area contributed by atoms with Gasteiger partial charge in [-0.25, -0.2) is 0 Å². The van der Waals surface area contributed by atoms with Gasteiger partial charge in [-0.3, -0.25) is 0 Å². The summed E-state index contributed by atoms with van der Waals surface area (Å²) in [6, 6.07) is 16.5. The first-order chi connectivity index (χ1) is 14.9. The maximum Gasteiger partial charge on any atom is 0.141 e. The van der Waals surface area contributed by atoms with Gasteiger partial charge in [0.1, 0.15) is 11.5 Å². The van der Waals surface area contributed by atoms with E-state index in [9.17, 15) is 10.2 Å². The molecule has 0 saturated heterocycles. The van der Waals surface area contributed by atoms with Crippen molar-refractivity contribution in [2.45, 2.75) is 65.2 Å². The fraction of sp³-hybridized carbons (Fsp3) is 0.357. The highest BCUT2D eigenvalue weighted by Gasteiger charge is 2.28. The van der Waals surface area contributed by atoms with Crippen LogP contribution in [0.3, 0.4) is 0 Å². The second-order valence-corrected chi connectivity index (χ2v) is 9.68. The molecule has 3 aromatic carbocycles. The SMILES string of the molecule is CCc1cc(C(C)(C)c2ccc(C(C)(C)c3cc(N)c(O)c(CC)c3)cc2)cc(N)c1O. The normalized spacial score (nSPS) is 12.2. The number of aryl methyl sites for hydroxylation is 2. The fourth-order valence-corrected chi connectivity index (χ4v) is 4.34. The van der Waals surface area contributed by atoms with E-state index in [4.69, 9.17) is 11.5 Å². The van der Waals surface area contributed by atoms with Crippen molar-refractivity contribution in [2.24, 2.45) is 0 Å². The van der Waals surface area contributed by atoms with Crippen LogP contribution in [-0.2, 0) is 23.7 Å². The summed E-state index contributed by atoms with van der Waals surface area (Å²) in [4.78, 5) is 0. The zero-order chi connectivity index (χ0) is 23.8. The number of hydrogen-bond donors (Lipinski definition) is 4. The number of benzene rings is 3. The van der Waals surface area contributed by atoms with Gasteiger partial charge in [-0.05, 0) is 58.4 Å². The molecule has 0 unspecified atom stereocenters. The molecule has 0 aliphatic carbocycles. The topological polar surface area (TPSA) is 92.5 Å². The van der Waals surface area contributed by atoms with Gasteiger partial charge in [0.15, 0.2) is 0 Å². The molecule has 0 bridgehead atoms. The molecule has 3 rings (SSSR count). The summed E-state index contributed by atoms with van der Waals surface area (Å²) in [5.41, 5.74) is 18.7. The highest BCUT2D eigenvalue weighted by Crippen LogP contribution is 2.40. The van der Waals surface area contributed by atoms with E-state index >= 15 is 0 Å². The Balaban J connectivity index is 2.00. The molecule has 0 amide bonds. The zero-order valence-electron chi connectivity index (χ0n) is 20.1. The molecule has 32 heavy (non-hydrogen) atoms. The van der Waals surface area contributed by atoms with Crippen molar-refractivity contribution in [1.82, 2.24) is 0 Å². The largest absolute Gasteiger partial charge is 0.506 e. The quantitative estimate of drug-likeness (QED) is 0.282. The monoisotopic (exact) mass is 432 g/mol. The van der Waals surface area contributed by atoms with Crippen molar-refractivity contribution in [3.8, 4) is 11.5 Å². The molecule has 0 atom stereocenters. The van der Waals surface area contributed by atoms with Gasteiger partial charge in [0.2, 0.25) is 0 Å². The maximum absolute atomic E-state index is 10.2. The van der Waals surface area contributed by atoms with Crippen molar-refractivity contribution in [2.75, 3.05) is 11.5 Å². The summed E-state index contributed by atoms with van der Waals surface area (Å²) in [5, 5.41) is 20.4. The average Bonchev–Trinajstić information content (AvgIpc) is 2.77. The summed E-state index contributed by atoms with van der Waals surface area (Å²) in [6.45, 7) is 12.7. The lowest BCUT2D eigenvalue weighted by Crippen LogP contribution is -2.22. The third-order valence-electron chi connectivity index (χ3n) is 6.97. The second kappa shape index (κ2) is 8.42. The predicted octanol–water partition coefficient (Wildman–Crippen LogP) is 6.04. The number of hydrogen-bond acceptors (Lipinski definition) is 4. The van der Waals surface area contributed by atoms with E-state index in [0.717, 1.165) is 35.1 Å². The van der Waals surface area contributed by atoms with E-state index in [0.29, 0.717) is 11.4 Å². The molecule has 6 N–H and O–H groups in total. The minimum atomic E-state index is -0.271. The van der Waals surface area contributed by atoms with Gasteiger partial charge in [0.25, 0.3) is 0 Å². The Kier molecular flexibility index (Phi) is 6.19. The fourth-order valence-electron chi connectivity index (χ4n) is 4.34. The first-order valence-electron chi connectivity index (χ1n) is 11.3. The number of rotatable bonds is 6. The van der Waals surface area contributed by atoms with Gasteiger partial charge in [-0.2, -0.15) is 0 Å². The predicted molar refractivity (Wildman–Crippen MR) is 134 cm³/mol. The average molecular weight is 433 g/mol. The summed E-state index contributed by atoms with van der Waals surface area (Å²) in [5.74, 6) is 0.368. The van der Waals surface area contributed by atoms with Crippen LogP contribution >= 0.6 is 0 Å². The molecule has 0 saturated carbocycles. The molecule has 3 aromatic rings. The Morgan fingerprint density at radius 3 is 1.19 bits per heavy atom. The summed E-state index contributed by atoms with van der Waals surface area (Å²) in [7, 11) is 0. The van der Waals surface area contributed by atoms with E-state index in [1.807, 2.05) is 26.0 Å². The molecule has 4 nitrogen and oxygen atoms in total. The van der Waals surface area contributed by atoms with Crippen molar-refractivity contribution < 1.29 is 10.2 Å². The molecule has 170 valence electrons. The summed E-state index contributed by atoms with van der Waals surface area (Å²) >= 11 is 0. The van der Waals surface area contributed by atoms with E-state index in [1.54, 1.807) is 0 Å². The number of anilines is 2. The van der Waals surface area contributed by atoms with E-state index in [1.165, 1.54) is 11.1 Å². The van der Waals surface area contributed by atoms with Crippen molar-refractivity contribution >= 4 is 11.4 Å². The van der Waals surface area contributed by atoms with E-state index in [2.05, 4.69) is 64.1 Å². The number of nitrogens with two attached hydrogens (primary N) is 2. The van der Waals surface area contributed by atoms with Crippen LogP contribution in [0.5, 0.6) is 11.5 Å². The molecule has 0 aliphatic rings. The Morgan fingerprint density at radius 1 is 0.594 bits per heavy atom. The highest BCUT2D eigenvalue weighted by atomic mass is 16.3. The van der Waals surface area contributed by atoms with Crippen LogP contribution in [0.25, 0.3) is 0 Å². The van der Waals surface area contributed by atoms with Gasteiger partial charge in [-0.1, -0.05) is 77.9 Å². The molecule has 0 aromatic heterocycles. The first-order valence-corrected chi connectivity index (χ1v) is 11.3. The van der Waals surface area contributed by atoms with Crippen molar-refractivity contribution in [3.05, 3.63) is 81.9 Å². The van der Waals surface area contributed by atoms with Gasteiger partial charge in [-0.15, -0.1) is 0 Å². The zero-order valence-corrected chi connectivity index (χ0v) is 20.1. The molecule has 4 heteroatoms. The van der Waals surface area contributed by atoms with Crippen LogP contribution in [0.2, 0.25) is 0 Å². The van der Waals surface area contributed by atoms with Crippen LogP contribution in [0, 0.1) is 0 Å². The number of nitrogen functional groups attached to an aromatic ring is 2. The van der Waals surface area contributed by atoms with Crippen molar-refractivity contribution in [3.63, 3.8) is 0 Å².